The second-order valence-corrected chi connectivity index (χ2v) is 4.61. The van der Waals surface area contributed by atoms with Gasteiger partial charge in [0.2, 0.25) is 0 Å². The minimum atomic E-state index is -0.491. The van der Waals surface area contributed by atoms with Gasteiger partial charge in [-0.05, 0) is 34.1 Å². The number of nitrogens with two attached hydrogens (primary N) is 1. The second kappa shape index (κ2) is 5.31. The van der Waals surface area contributed by atoms with Crippen LogP contribution in [-0.4, -0.2) is 21.3 Å². The van der Waals surface area contributed by atoms with E-state index in [1.54, 1.807) is 35.3 Å². The van der Waals surface area contributed by atoms with Gasteiger partial charge in [-0.3, -0.25) is 0 Å². The van der Waals surface area contributed by atoms with E-state index < -0.39 is 6.04 Å². The largest absolute Gasteiger partial charge is 0.394 e. The molecule has 1 atom stereocenters. The molecule has 2 rings (SSSR count). The number of aromatic nitrogens is 2. The number of hydrogen-bond acceptors (Lipinski definition) is 4. The number of rotatable bonds is 3. The molecule has 0 saturated carbocycles. The van der Waals surface area contributed by atoms with Crippen molar-refractivity contribution in [2.24, 2.45) is 5.73 Å². The number of benzene rings is 1. The van der Waals surface area contributed by atoms with Gasteiger partial charge in [0.1, 0.15) is 0 Å². The lowest BCUT2D eigenvalue weighted by atomic mass is 10.2. The Morgan fingerprint density at radius 3 is 2.94 bits per heavy atom. The quantitative estimate of drug-likeness (QED) is 0.899. The zero-order chi connectivity index (χ0) is 13.1. The first kappa shape index (κ1) is 12.8. The van der Waals surface area contributed by atoms with Crippen molar-refractivity contribution in [3.63, 3.8) is 0 Å². The number of hydrogen-bond donors (Lipinski definition) is 2. The van der Waals surface area contributed by atoms with Crippen molar-refractivity contribution >= 4 is 15.9 Å². The Balaban J connectivity index is 2.50. The minimum Gasteiger partial charge on any atom is -0.394 e. The van der Waals surface area contributed by atoms with E-state index >= 15 is 0 Å². The first-order chi connectivity index (χ1) is 8.67. The molecule has 0 aliphatic heterocycles. The molecule has 0 bridgehead atoms. The summed E-state index contributed by atoms with van der Waals surface area (Å²) in [6.07, 6.45) is 3.24. The average molecular weight is 307 g/mol. The molecule has 1 aromatic heterocycles. The molecule has 1 unspecified atom stereocenters. The van der Waals surface area contributed by atoms with E-state index in [0.717, 1.165) is 10.2 Å². The smallest absolute Gasteiger partial charge is 0.0995 e. The van der Waals surface area contributed by atoms with Gasteiger partial charge in [-0.25, -0.2) is 4.98 Å². The predicted molar refractivity (Wildman–Crippen MR) is 70.0 cm³/mol. The number of imidazole rings is 1. The van der Waals surface area contributed by atoms with Crippen LogP contribution in [0.1, 0.15) is 17.3 Å². The standard InChI is InChI=1S/C12H11BrN4O/c13-9-3-8(4-14)1-2-11(9)17-7-16-5-12(17)10(15)6-18/h1-3,5,7,10,18H,6,15H2. The van der Waals surface area contributed by atoms with Gasteiger partial charge in [-0.2, -0.15) is 5.26 Å². The Hall–Kier alpha value is -1.68. The fraction of sp³-hybridized carbons (Fsp3) is 0.167. The van der Waals surface area contributed by atoms with Crippen LogP contribution in [0.2, 0.25) is 0 Å². The van der Waals surface area contributed by atoms with Crippen LogP contribution >= 0.6 is 15.9 Å². The van der Waals surface area contributed by atoms with Crippen LogP contribution in [0.25, 0.3) is 5.69 Å². The van der Waals surface area contributed by atoms with Crippen molar-refractivity contribution in [1.82, 2.24) is 9.55 Å². The van der Waals surface area contributed by atoms with Crippen LogP contribution in [0.15, 0.2) is 35.2 Å². The van der Waals surface area contributed by atoms with Crippen molar-refractivity contribution in [3.8, 4) is 11.8 Å². The number of aliphatic hydroxyl groups is 1. The van der Waals surface area contributed by atoms with Gasteiger partial charge in [0.15, 0.2) is 0 Å². The topological polar surface area (TPSA) is 87.9 Å². The van der Waals surface area contributed by atoms with Crippen molar-refractivity contribution in [1.29, 1.82) is 5.26 Å². The lowest BCUT2D eigenvalue weighted by molar-refractivity contribution is 0.265. The van der Waals surface area contributed by atoms with E-state index in [9.17, 15) is 0 Å². The van der Waals surface area contributed by atoms with Gasteiger partial charge in [0.25, 0.3) is 0 Å². The second-order valence-electron chi connectivity index (χ2n) is 3.76. The first-order valence-corrected chi connectivity index (χ1v) is 6.05. The van der Waals surface area contributed by atoms with Gasteiger partial charge in [-0.15, -0.1) is 0 Å². The summed E-state index contributed by atoms with van der Waals surface area (Å²) in [5, 5.41) is 17.9. The summed E-state index contributed by atoms with van der Waals surface area (Å²) in [6, 6.07) is 6.82. The maximum Gasteiger partial charge on any atom is 0.0995 e. The van der Waals surface area contributed by atoms with Crippen molar-refractivity contribution in [2.75, 3.05) is 6.61 Å². The molecule has 2 aromatic rings. The van der Waals surface area contributed by atoms with Gasteiger partial charge in [0.05, 0.1) is 48.2 Å². The lowest BCUT2D eigenvalue weighted by Gasteiger charge is -2.13. The molecule has 0 aliphatic rings. The van der Waals surface area contributed by atoms with E-state index in [2.05, 4.69) is 27.0 Å². The molecule has 0 spiro atoms. The van der Waals surface area contributed by atoms with Gasteiger partial charge in [-0.1, -0.05) is 0 Å². The molecule has 0 radical (unpaired) electrons. The molecular formula is C12H11BrN4O. The maximum absolute atomic E-state index is 9.11. The summed E-state index contributed by atoms with van der Waals surface area (Å²) in [4.78, 5) is 4.04. The van der Waals surface area contributed by atoms with Crippen LogP contribution in [0, 0.1) is 11.3 Å². The van der Waals surface area contributed by atoms with E-state index in [1.165, 1.54) is 0 Å². The summed E-state index contributed by atoms with van der Waals surface area (Å²) < 4.78 is 2.55. The van der Waals surface area contributed by atoms with Gasteiger partial charge < -0.3 is 15.4 Å². The average Bonchev–Trinajstić information content (AvgIpc) is 2.86. The van der Waals surface area contributed by atoms with E-state index in [1.807, 2.05) is 0 Å². The Morgan fingerprint density at radius 1 is 1.56 bits per heavy atom. The van der Waals surface area contributed by atoms with Crippen molar-refractivity contribution in [3.05, 3.63) is 46.5 Å². The van der Waals surface area contributed by atoms with Crippen LogP contribution in [0.5, 0.6) is 0 Å². The van der Waals surface area contributed by atoms with E-state index in [-0.39, 0.29) is 6.61 Å². The van der Waals surface area contributed by atoms with Gasteiger partial charge >= 0.3 is 0 Å². The summed E-state index contributed by atoms with van der Waals surface area (Å²) in [5.74, 6) is 0. The van der Waals surface area contributed by atoms with Crippen LogP contribution in [0.4, 0.5) is 0 Å². The third kappa shape index (κ3) is 2.29. The molecule has 1 aromatic carbocycles. The highest BCUT2D eigenvalue weighted by atomic mass is 79.9. The Morgan fingerprint density at radius 2 is 2.33 bits per heavy atom. The van der Waals surface area contributed by atoms with Crippen LogP contribution in [0.3, 0.4) is 0 Å². The molecule has 18 heavy (non-hydrogen) atoms. The Labute approximate surface area is 113 Å². The molecule has 5 nitrogen and oxygen atoms in total. The fourth-order valence-electron chi connectivity index (χ4n) is 1.65. The minimum absolute atomic E-state index is 0.153. The summed E-state index contributed by atoms with van der Waals surface area (Å²) >= 11 is 3.41. The number of halogens is 1. The summed E-state index contributed by atoms with van der Waals surface area (Å²) in [6.45, 7) is -0.153. The predicted octanol–water partition coefficient (Wildman–Crippen LogP) is 1.50. The van der Waals surface area contributed by atoms with E-state index in [0.29, 0.717) is 11.3 Å². The Kier molecular flexibility index (Phi) is 3.77. The molecule has 0 aliphatic carbocycles. The van der Waals surface area contributed by atoms with Crippen molar-refractivity contribution < 1.29 is 5.11 Å². The van der Waals surface area contributed by atoms with E-state index in [4.69, 9.17) is 16.1 Å². The molecule has 0 saturated heterocycles. The first-order valence-electron chi connectivity index (χ1n) is 5.26. The highest BCUT2D eigenvalue weighted by Crippen LogP contribution is 2.25. The molecule has 0 fully saturated rings. The zero-order valence-corrected chi connectivity index (χ0v) is 11.0. The third-order valence-electron chi connectivity index (χ3n) is 2.58. The molecule has 92 valence electrons. The number of nitriles is 1. The normalized spacial score (nSPS) is 12.1. The third-order valence-corrected chi connectivity index (χ3v) is 3.22. The lowest BCUT2D eigenvalue weighted by Crippen LogP contribution is -2.18. The monoisotopic (exact) mass is 306 g/mol. The Bertz CT molecular complexity index is 602. The molecule has 3 N–H and O–H groups in total. The SMILES string of the molecule is N#Cc1ccc(-n2cncc2C(N)CO)c(Br)c1. The summed E-state index contributed by atoms with van der Waals surface area (Å²) in [7, 11) is 0. The molecule has 6 heteroatoms. The fourth-order valence-corrected chi connectivity index (χ4v) is 2.22. The summed E-state index contributed by atoms with van der Waals surface area (Å²) in [5.41, 5.74) is 7.91. The van der Waals surface area contributed by atoms with Crippen LogP contribution in [-0.2, 0) is 0 Å². The molecule has 0 amide bonds. The highest BCUT2D eigenvalue weighted by molar-refractivity contribution is 9.10. The maximum atomic E-state index is 9.11. The zero-order valence-electron chi connectivity index (χ0n) is 9.42. The number of nitrogens with zero attached hydrogens (tertiary/aromatic N) is 3. The highest BCUT2D eigenvalue weighted by Gasteiger charge is 2.13. The van der Waals surface area contributed by atoms with Crippen molar-refractivity contribution in [2.45, 2.75) is 6.04 Å². The van der Waals surface area contributed by atoms with Gasteiger partial charge in [0, 0.05) is 4.47 Å². The van der Waals surface area contributed by atoms with Crippen LogP contribution < -0.4 is 5.73 Å². The number of aliphatic hydroxyl groups excluding tert-OH is 1. The molecular weight excluding hydrogens is 296 g/mol. The molecule has 1 heterocycles.